The van der Waals surface area contributed by atoms with Gasteiger partial charge in [-0.1, -0.05) is 30.1 Å². The van der Waals surface area contributed by atoms with Crippen LogP contribution in [0.2, 0.25) is 10.0 Å². The molecule has 1 amide bonds. The molecule has 1 aromatic rings. The Balaban J connectivity index is 2.32. The van der Waals surface area contributed by atoms with Crippen molar-refractivity contribution in [1.29, 1.82) is 0 Å². The van der Waals surface area contributed by atoms with Crippen LogP contribution < -0.4 is 4.74 Å². The molecule has 1 atom stereocenters. The molecule has 0 spiro atoms. The molecular weight excluding hydrogens is 341 g/mol. The summed E-state index contributed by atoms with van der Waals surface area (Å²) in [5.74, 6) is -0.189. The van der Waals surface area contributed by atoms with E-state index in [0.29, 0.717) is 41.8 Å². The molecule has 0 fully saturated rings. The van der Waals surface area contributed by atoms with Gasteiger partial charge in [0.25, 0.3) is 0 Å². The fourth-order valence-corrected chi connectivity index (χ4v) is 2.44. The maximum atomic E-state index is 12.0. The van der Waals surface area contributed by atoms with Crippen LogP contribution in [-0.2, 0) is 14.3 Å². The van der Waals surface area contributed by atoms with Gasteiger partial charge in [-0.25, -0.2) is 0 Å². The highest BCUT2D eigenvalue weighted by atomic mass is 35.5. The van der Waals surface area contributed by atoms with E-state index in [2.05, 4.69) is 4.74 Å². The second-order valence-electron chi connectivity index (χ2n) is 5.23. The standard InChI is InChI=1S/C16H21Cl2NO4/c1-11(16(21)22-3)10-19(2)15(20)5-4-8-23-14-7-6-12(17)9-13(14)18/h6-7,9,11H,4-5,8,10H2,1-3H3. The summed E-state index contributed by atoms with van der Waals surface area (Å²) in [5, 5.41) is 0.978. The quantitative estimate of drug-likeness (QED) is 0.525. The van der Waals surface area contributed by atoms with Crippen molar-refractivity contribution in [2.75, 3.05) is 27.3 Å². The van der Waals surface area contributed by atoms with Gasteiger partial charge in [0.1, 0.15) is 5.75 Å². The lowest BCUT2D eigenvalue weighted by atomic mass is 10.1. The van der Waals surface area contributed by atoms with Gasteiger partial charge in [-0.3, -0.25) is 9.59 Å². The minimum Gasteiger partial charge on any atom is -0.492 e. The third kappa shape index (κ3) is 6.67. The SMILES string of the molecule is COC(=O)C(C)CN(C)C(=O)CCCOc1ccc(Cl)cc1Cl. The van der Waals surface area contributed by atoms with Gasteiger partial charge in [-0.15, -0.1) is 0 Å². The molecule has 0 saturated heterocycles. The van der Waals surface area contributed by atoms with E-state index >= 15 is 0 Å². The van der Waals surface area contributed by atoms with Crippen LogP contribution in [0.4, 0.5) is 0 Å². The summed E-state index contributed by atoms with van der Waals surface area (Å²) in [6, 6.07) is 4.98. The number of nitrogens with zero attached hydrogens (tertiary/aromatic N) is 1. The molecule has 5 nitrogen and oxygen atoms in total. The summed E-state index contributed by atoms with van der Waals surface area (Å²) in [6.07, 6.45) is 0.879. The van der Waals surface area contributed by atoms with Crippen LogP contribution in [0.1, 0.15) is 19.8 Å². The maximum Gasteiger partial charge on any atom is 0.310 e. The normalized spacial score (nSPS) is 11.7. The predicted molar refractivity (Wildman–Crippen MR) is 90.0 cm³/mol. The van der Waals surface area contributed by atoms with Gasteiger partial charge in [-0.05, 0) is 24.6 Å². The highest BCUT2D eigenvalue weighted by Gasteiger charge is 2.18. The van der Waals surface area contributed by atoms with Gasteiger partial charge in [0, 0.05) is 25.0 Å². The van der Waals surface area contributed by atoms with E-state index in [1.807, 2.05) is 0 Å². The molecule has 1 aromatic carbocycles. The number of rotatable bonds is 8. The Bertz CT molecular complexity index is 551. The summed E-state index contributed by atoms with van der Waals surface area (Å²) < 4.78 is 10.2. The van der Waals surface area contributed by atoms with Crippen LogP contribution in [-0.4, -0.2) is 44.1 Å². The molecule has 0 aliphatic heterocycles. The number of hydrogen-bond donors (Lipinski definition) is 0. The van der Waals surface area contributed by atoms with Crippen LogP contribution in [0.15, 0.2) is 18.2 Å². The van der Waals surface area contributed by atoms with E-state index in [1.165, 1.54) is 12.0 Å². The van der Waals surface area contributed by atoms with Crippen LogP contribution in [0.3, 0.4) is 0 Å². The van der Waals surface area contributed by atoms with Gasteiger partial charge in [0.2, 0.25) is 5.91 Å². The summed E-state index contributed by atoms with van der Waals surface area (Å²) in [7, 11) is 3.00. The Kier molecular flexibility index (Phi) is 8.20. The van der Waals surface area contributed by atoms with Crippen LogP contribution in [0.25, 0.3) is 0 Å². The number of hydrogen-bond acceptors (Lipinski definition) is 4. The Hall–Kier alpha value is -1.46. The molecule has 1 rings (SSSR count). The van der Waals surface area contributed by atoms with Crippen molar-refractivity contribution in [3.05, 3.63) is 28.2 Å². The predicted octanol–water partition coefficient (Wildman–Crippen LogP) is 3.42. The smallest absolute Gasteiger partial charge is 0.310 e. The van der Waals surface area contributed by atoms with E-state index in [9.17, 15) is 9.59 Å². The van der Waals surface area contributed by atoms with Gasteiger partial charge in [0.05, 0.1) is 24.7 Å². The number of ether oxygens (including phenoxy) is 2. The van der Waals surface area contributed by atoms with Crippen LogP contribution >= 0.6 is 23.2 Å². The maximum absolute atomic E-state index is 12.0. The van der Waals surface area contributed by atoms with E-state index in [-0.39, 0.29) is 17.8 Å². The zero-order valence-corrected chi connectivity index (χ0v) is 15.0. The number of methoxy groups -OCH3 is 1. The molecule has 0 aromatic heterocycles. The molecule has 0 heterocycles. The Morgan fingerprint density at radius 3 is 2.61 bits per heavy atom. The number of benzene rings is 1. The molecule has 1 unspecified atom stereocenters. The van der Waals surface area contributed by atoms with Gasteiger partial charge in [0.15, 0.2) is 0 Å². The first kappa shape index (κ1) is 19.6. The van der Waals surface area contributed by atoms with Crippen molar-refractivity contribution in [1.82, 2.24) is 4.90 Å². The number of amides is 1. The van der Waals surface area contributed by atoms with Gasteiger partial charge >= 0.3 is 5.97 Å². The lowest BCUT2D eigenvalue weighted by Gasteiger charge is -2.20. The molecule has 23 heavy (non-hydrogen) atoms. The van der Waals surface area contributed by atoms with Crippen LogP contribution in [0.5, 0.6) is 5.75 Å². The van der Waals surface area contributed by atoms with Crippen molar-refractivity contribution < 1.29 is 19.1 Å². The minimum atomic E-state index is -0.349. The molecule has 0 N–H and O–H groups in total. The van der Waals surface area contributed by atoms with Crippen molar-refractivity contribution in [3.63, 3.8) is 0 Å². The zero-order chi connectivity index (χ0) is 17.4. The first-order chi connectivity index (χ1) is 10.8. The van der Waals surface area contributed by atoms with Gasteiger partial charge < -0.3 is 14.4 Å². The highest BCUT2D eigenvalue weighted by molar-refractivity contribution is 6.35. The number of halogens is 2. The number of esters is 1. The van der Waals surface area contributed by atoms with E-state index in [0.717, 1.165) is 0 Å². The van der Waals surface area contributed by atoms with E-state index in [1.54, 1.807) is 32.2 Å². The van der Waals surface area contributed by atoms with Crippen LogP contribution in [0, 0.1) is 5.92 Å². The molecule has 0 radical (unpaired) electrons. The highest BCUT2D eigenvalue weighted by Crippen LogP contribution is 2.27. The van der Waals surface area contributed by atoms with Crippen molar-refractivity contribution in [3.8, 4) is 5.75 Å². The first-order valence-electron chi connectivity index (χ1n) is 7.24. The van der Waals surface area contributed by atoms with Gasteiger partial charge in [-0.2, -0.15) is 0 Å². The fraction of sp³-hybridized carbons (Fsp3) is 0.500. The molecule has 128 valence electrons. The summed E-state index contributed by atoms with van der Waals surface area (Å²) >= 11 is 11.8. The average Bonchev–Trinajstić information content (AvgIpc) is 2.51. The molecule has 7 heteroatoms. The Morgan fingerprint density at radius 2 is 2.00 bits per heavy atom. The second-order valence-corrected chi connectivity index (χ2v) is 6.07. The first-order valence-corrected chi connectivity index (χ1v) is 8.00. The number of carbonyl (C=O) groups is 2. The summed E-state index contributed by atoms with van der Waals surface area (Å²) in [4.78, 5) is 24.9. The summed E-state index contributed by atoms with van der Waals surface area (Å²) in [5.41, 5.74) is 0. The topological polar surface area (TPSA) is 55.8 Å². The van der Waals surface area contributed by atoms with Crippen molar-refractivity contribution in [2.24, 2.45) is 5.92 Å². The Morgan fingerprint density at radius 1 is 1.30 bits per heavy atom. The van der Waals surface area contributed by atoms with Crippen molar-refractivity contribution >= 4 is 35.1 Å². The fourth-order valence-electron chi connectivity index (χ4n) is 1.98. The van der Waals surface area contributed by atoms with E-state index in [4.69, 9.17) is 27.9 Å². The molecule has 0 aliphatic carbocycles. The largest absolute Gasteiger partial charge is 0.492 e. The lowest BCUT2D eigenvalue weighted by Crippen LogP contribution is -2.34. The average molecular weight is 362 g/mol. The van der Waals surface area contributed by atoms with E-state index < -0.39 is 0 Å². The third-order valence-electron chi connectivity index (χ3n) is 3.26. The summed E-state index contributed by atoms with van der Waals surface area (Å²) in [6.45, 7) is 2.42. The monoisotopic (exact) mass is 361 g/mol. The minimum absolute atomic E-state index is 0.0495. The molecule has 0 bridgehead atoms. The molecule has 0 saturated carbocycles. The third-order valence-corrected chi connectivity index (χ3v) is 3.79. The van der Waals surface area contributed by atoms with Crippen molar-refractivity contribution in [2.45, 2.75) is 19.8 Å². The number of carbonyl (C=O) groups excluding carboxylic acids is 2. The molecule has 0 aliphatic rings. The zero-order valence-electron chi connectivity index (χ0n) is 13.5. The Labute approximate surface area is 146 Å². The second kappa shape index (κ2) is 9.63. The lowest BCUT2D eigenvalue weighted by molar-refractivity contribution is -0.146. The molecular formula is C16H21Cl2NO4.